The van der Waals surface area contributed by atoms with Crippen molar-refractivity contribution in [2.75, 3.05) is 11.4 Å². The van der Waals surface area contributed by atoms with Crippen molar-refractivity contribution in [3.8, 4) is 0 Å². The summed E-state index contributed by atoms with van der Waals surface area (Å²) in [6.07, 6.45) is 2.17. The van der Waals surface area contributed by atoms with E-state index in [1.165, 1.54) is 6.20 Å². The van der Waals surface area contributed by atoms with Crippen LogP contribution in [0.5, 0.6) is 0 Å². The summed E-state index contributed by atoms with van der Waals surface area (Å²) in [5.41, 5.74) is 3.22. The Morgan fingerprint density at radius 3 is 2.65 bits per heavy atom. The van der Waals surface area contributed by atoms with Crippen LogP contribution in [0.3, 0.4) is 0 Å². The smallest absolute Gasteiger partial charge is 0.253 e. The molecule has 0 bridgehead atoms. The van der Waals surface area contributed by atoms with Crippen LogP contribution in [0, 0.1) is 5.92 Å². The Labute approximate surface area is 184 Å². The second kappa shape index (κ2) is 8.54. The number of rotatable bonds is 4. The number of nitrogens with zero attached hydrogens (tertiary/aromatic N) is 2. The molecule has 0 radical (unpaired) electrons. The van der Waals surface area contributed by atoms with E-state index in [4.69, 9.17) is 11.6 Å². The van der Waals surface area contributed by atoms with Gasteiger partial charge in [0.15, 0.2) is 0 Å². The first-order valence-corrected chi connectivity index (χ1v) is 10.9. The average Bonchev–Trinajstić information content (AvgIpc) is 3.17. The molecule has 2 aromatic rings. The molecular formula is C23H24ClF2N3O2. The average molecular weight is 448 g/mol. The van der Waals surface area contributed by atoms with Crippen LogP contribution in [0.25, 0.3) is 0 Å². The summed E-state index contributed by atoms with van der Waals surface area (Å²) in [4.78, 5) is 31.0. The molecule has 0 saturated heterocycles. The van der Waals surface area contributed by atoms with Crippen LogP contribution in [0.4, 0.5) is 14.5 Å². The van der Waals surface area contributed by atoms with Gasteiger partial charge >= 0.3 is 0 Å². The first-order valence-electron chi connectivity index (χ1n) is 10.5. The quantitative estimate of drug-likeness (QED) is 0.675. The van der Waals surface area contributed by atoms with Crippen LogP contribution in [-0.4, -0.2) is 29.3 Å². The number of anilines is 1. The monoisotopic (exact) mass is 447 g/mol. The van der Waals surface area contributed by atoms with Gasteiger partial charge in [0, 0.05) is 37.2 Å². The van der Waals surface area contributed by atoms with E-state index >= 15 is 0 Å². The van der Waals surface area contributed by atoms with Crippen molar-refractivity contribution < 1.29 is 18.4 Å². The number of nitrogens with one attached hydrogen (secondary N) is 1. The van der Waals surface area contributed by atoms with Crippen LogP contribution >= 0.6 is 11.6 Å². The number of carbonyl (C=O) groups excluding carboxylic acids is 2. The molecule has 2 heterocycles. The second-order valence-electron chi connectivity index (χ2n) is 8.32. The summed E-state index contributed by atoms with van der Waals surface area (Å²) in [6, 6.07) is 8.73. The molecular weight excluding hydrogens is 424 g/mol. The predicted octanol–water partition coefficient (Wildman–Crippen LogP) is 4.94. The third kappa shape index (κ3) is 4.71. The minimum Gasteiger partial charge on any atom is -0.345 e. The fourth-order valence-electron chi connectivity index (χ4n) is 4.30. The highest BCUT2D eigenvalue weighted by atomic mass is 35.5. The zero-order valence-corrected chi connectivity index (χ0v) is 18.0. The van der Waals surface area contributed by atoms with E-state index in [-0.39, 0.29) is 49.5 Å². The highest BCUT2D eigenvalue weighted by Crippen LogP contribution is 2.39. The number of hydrogen-bond donors (Lipinski definition) is 1. The lowest BCUT2D eigenvalue weighted by Crippen LogP contribution is -2.38. The van der Waals surface area contributed by atoms with Gasteiger partial charge in [-0.25, -0.2) is 13.8 Å². The molecule has 164 valence electrons. The van der Waals surface area contributed by atoms with Crippen molar-refractivity contribution in [1.29, 1.82) is 0 Å². The fraction of sp³-hybridized carbons (Fsp3) is 0.435. The summed E-state index contributed by atoms with van der Waals surface area (Å²) in [5, 5.41) is 3.27. The van der Waals surface area contributed by atoms with Gasteiger partial charge in [0.1, 0.15) is 5.15 Å². The van der Waals surface area contributed by atoms with Crippen molar-refractivity contribution in [1.82, 2.24) is 10.3 Å². The highest BCUT2D eigenvalue weighted by molar-refractivity contribution is 6.29. The third-order valence-electron chi connectivity index (χ3n) is 6.17. The molecule has 1 aromatic heterocycles. The van der Waals surface area contributed by atoms with E-state index in [0.29, 0.717) is 23.7 Å². The number of carbonyl (C=O) groups is 2. The van der Waals surface area contributed by atoms with Crippen LogP contribution in [0.2, 0.25) is 5.15 Å². The molecule has 31 heavy (non-hydrogen) atoms. The molecule has 1 saturated carbocycles. The zero-order chi connectivity index (χ0) is 22.2. The topological polar surface area (TPSA) is 62.3 Å². The SMILES string of the molecule is CC(NC(=O)c1ccc(Cl)nc1)c1ccc2c(c1)CCN2C(=O)C1CCC(F)(F)CC1. The molecule has 5 nitrogen and oxygen atoms in total. The molecule has 0 spiro atoms. The molecule has 1 aromatic carbocycles. The Hall–Kier alpha value is -2.54. The van der Waals surface area contributed by atoms with Crippen LogP contribution in [-0.2, 0) is 11.2 Å². The predicted molar refractivity (Wildman–Crippen MR) is 115 cm³/mol. The van der Waals surface area contributed by atoms with E-state index in [2.05, 4.69) is 10.3 Å². The number of halogens is 3. The molecule has 2 aliphatic rings. The molecule has 1 atom stereocenters. The van der Waals surface area contributed by atoms with Gasteiger partial charge in [0.05, 0.1) is 11.6 Å². The van der Waals surface area contributed by atoms with Gasteiger partial charge in [-0.05, 0) is 55.5 Å². The Morgan fingerprint density at radius 2 is 1.97 bits per heavy atom. The van der Waals surface area contributed by atoms with Gasteiger partial charge in [-0.1, -0.05) is 23.7 Å². The van der Waals surface area contributed by atoms with Gasteiger partial charge in [-0.15, -0.1) is 0 Å². The number of hydrogen-bond acceptors (Lipinski definition) is 3. The molecule has 1 N–H and O–H groups in total. The molecule has 1 aliphatic heterocycles. The normalized spacial score (nSPS) is 19.0. The minimum atomic E-state index is -2.64. The Morgan fingerprint density at radius 1 is 1.23 bits per heavy atom. The van der Waals surface area contributed by atoms with E-state index in [1.54, 1.807) is 17.0 Å². The van der Waals surface area contributed by atoms with Gasteiger partial charge in [-0.2, -0.15) is 0 Å². The Kier molecular flexibility index (Phi) is 5.97. The Bertz CT molecular complexity index is 987. The minimum absolute atomic E-state index is 0.0569. The number of fused-ring (bicyclic) bond motifs is 1. The summed E-state index contributed by atoms with van der Waals surface area (Å²) in [5.74, 6) is -3.28. The molecule has 1 unspecified atom stereocenters. The number of pyridine rings is 1. The lowest BCUT2D eigenvalue weighted by atomic mass is 9.86. The largest absolute Gasteiger partial charge is 0.345 e. The fourth-order valence-corrected chi connectivity index (χ4v) is 4.41. The van der Waals surface area contributed by atoms with Crippen molar-refractivity contribution in [3.63, 3.8) is 0 Å². The second-order valence-corrected chi connectivity index (χ2v) is 8.71. The molecule has 8 heteroatoms. The first kappa shape index (κ1) is 21.7. The number of amides is 2. The number of alkyl halides is 2. The standard InChI is InChI=1S/C23H24ClF2N3O2/c1-14(28-21(30)18-3-5-20(24)27-13-18)16-2-4-19-17(12-16)8-11-29(19)22(31)15-6-9-23(25,26)10-7-15/h2-5,12-15H,6-11H2,1H3,(H,28,30). The van der Waals surface area contributed by atoms with Gasteiger partial charge in [-0.3, -0.25) is 9.59 Å². The van der Waals surface area contributed by atoms with Crippen LogP contribution in [0.1, 0.15) is 60.1 Å². The maximum atomic E-state index is 13.4. The van der Waals surface area contributed by atoms with Crippen molar-refractivity contribution in [2.45, 2.75) is 51.0 Å². The van der Waals surface area contributed by atoms with E-state index < -0.39 is 5.92 Å². The maximum absolute atomic E-state index is 13.4. The van der Waals surface area contributed by atoms with E-state index in [0.717, 1.165) is 16.8 Å². The van der Waals surface area contributed by atoms with Crippen LogP contribution < -0.4 is 10.2 Å². The molecule has 1 aliphatic carbocycles. The summed E-state index contributed by atoms with van der Waals surface area (Å²) in [6.45, 7) is 2.45. The molecule has 4 rings (SSSR count). The van der Waals surface area contributed by atoms with E-state index in [1.807, 2.05) is 25.1 Å². The van der Waals surface area contributed by atoms with E-state index in [9.17, 15) is 18.4 Å². The van der Waals surface area contributed by atoms with Gasteiger partial charge in [0.25, 0.3) is 5.91 Å². The van der Waals surface area contributed by atoms with Crippen molar-refractivity contribution in [2.24, 2.45) is 5.92 Å². The number of benzene rings is 1. The van der Waals surface area contributed by atoms with Crippen molar-refractivity contribution in [3.05, 3.63) is 58.4 Å². The number of aromatic nitrogens is 1. The summed E-state index contributed by atoms with van der Waals surface area (Å²) in [7, 11) is 0. The summed E-state index contributed by atoms with van der Waals surface area (Å²) < 4.78 is 26.9. The van der Waals surface area contributed by atoms with Crippen molar-refractivity contribution >= 4 is 29.1 Å². The summed E-state index contributed by atoms with van der Waals surface area (Å²) >= 11 is 5.76. The maximum Gasteiger partial charge on any atom is 0.253 e. The highest BCUT2D eigenvalue weighted by Gasteiger charge is 2.39. The Balaban J connectivity index is 1.42. The van der Waals surface area contributed by atoms with Gasteiger partial charge < -0.3 is 10.2 Å². The first-order chi connectivity index (χ1) is 14.7. The lowest BCUT2D eigenvalue weighted by Gasteiger charge is -2.30. The molecule has 1 fully saturated rings. The zero-order valence-electron chi connectivity index (χ0n) is 17.2. The lowest BCUT2D eigenvalue weighted by molar-refractivity contribution is -0.126. The van der Waals surface area contributed by atoms with Crippen LogP contribution in [0.15, 0.2) is 36.5 Å². The van der Waals surface area contributed by atoms with Gasteiger partial charge in [0.2, 0.25) is 11.8 Å². The molecule has 2 amide bonds. The third-order valence-corrected chi connectivity index (χ3v) is 6.39.